The number of rotatable bonds is 7. The largest absolute Gasteiger partial charge is 0.488 e. The van der Waals surface area contributed by atoms with E-state index in [0.29, 0.717) is 17.9 Å². The number of benzene rings is 3. The molecule has 0 radical (unpaired) electrons. The summed E-state index contributed by atoms with van der Waals surface area (Å²) < 4.78 is 43.0. The molecule has 0 aliphatic heterocycles. The summed E-state index contributed by atoms with van der Waals surface area (Å²) in [6, 6.07) is 21.3. The number of para-hydroxylation sites is 1. The molecule has 0 unspecified atom stereocenters. The van der Waals surface area contributed by atoms with Crippen LogP contribution in [0.4, 0.5) is 4.39 Å². The quantitative estimate of drug-likeness (QED) is 0.499. The topological polar surface area (TPSA) is 67.8 Å². The van der Waals surface area contributed by atoms with Gasteiger partial charge in [-0.05, 0) is 42.0 Å². The fraction of sp³-hybridized carbons (Fsp3) is 0.0500. The lowest BCUT2D eigenvalue weighted by atomic mass is 10.2. The SMILES string of the molecule is O=S(=O)(N/N=C/c1ccccc1OCc1ccccc1)c1ccc(F)cc1. The van der Waals surface area contributed by atoms with Crippen molar-refractivity contribution in [3.05, 3.63) is 95.8 Å². The van der Waals surface area contributed by atoms with E-state index in [-0.39, 0.29) is 4.90 Å². The fourth-order valence-corrected chi connectivity index (χ4v) is 3.08. The molecule has 5 nitrogen and oxygen atoms in total. The molecule has 3 aromatic rings. The minimum absolute atomic E-state index is 0.0744. The summed E-state index contributed by atoms with van der Waals surface area (Å²) in [5.74, 6) is 0.0630. The number of nitrogens with one attached hydrogen (secondary N) is 1. The van der Waals surface area contributed by atoms with Gasteiger partial charge in [0.2, 0.25) is 0 Å². The summed E-state index contributed by atoms with van der Waals surface area (Å²) in [5.41, 5.74) is 1.64. The van der Waals surface area contributed by atoms with E-state index in [1.165, 1.54) is 18.3 Å². The van der Waals surface area contributed by atoms with Crippen molar-refractivity contribution in [2.24, 2.45) is 5.10 Å². The number of nitrogens with zero attached hydrogens (tertiary/aromatic N) is 1. The number of ether oxygens (including phenoxy) is 1. The van der Waals surface area contributed by atoms with Gasteiger partial charge in [0.15, 0.2) is 0 Å². The van der Waals surface area contributed by atoms with Crippen molar-refractivity contribution in [1.82, 2.24) is 4.83 Å². The van der Waals surface area contributed by atoms with Gasteiger partial charge in [0.05, 0.1) is 11.1 Å². The first-order valence-electron chi connectivity index (χ1n) is 8.11. The van der Waals surface area contributed by atoms with Gasteiger partial charge in [0.25, 0.3) is 10.0 Å². The van der Waals surface area contributed by atoms with E-state index in [1.807, 2.05) is 36.4 Å². The van der Waals surface area contributed by atoms with E-state index in [9.17, 15) is 12.8 Å². The molecule has 0 atom stereocenters. The number of hydrogen-bond donors (Lipinski definition) is 1. The Morgan fingerprint density at radius 1 is 0.926 bits per heavy atom. The predicted molar refractivity (Wildman–Crippen MR) is 102 cm³/mol. The van der Waals surface area contributed by atoms with Gasteiger partial charge in [-0.15, -0.1) is 0 Å². The Bertz CT molecular complexity index is 1020. The summed E-state index contributed by atoms with van der Waals surface area (Å²) >= 11 is 0. The lowest BCUT2D eigenvalue weighted by molar-refractivity contribution is 0.306. The maximum atomic E-state index is 12.9. The molecule has 0 fully saturated rings. The summed E-state index contributed by atoms with van der Waals surface area (Å²) in [5, 5.41) is 3.79. The predicted octanol–water partition coefficient (Wildman–Crippen LogP) is 3.72. The van der Waals surface area contributed by atoms with Crippen LogP contribution in [0, 0.1) is 5.82 Å². The Labute approximate surface area is 157 Å². The Hall–Kier alpha value is -3.19. The van der Waals surface area contributed by atoms with Gasteiger partial charge in [-0.3, -0.25) is 0 Å². The van der Waals surface area contributed by atoms with E-state index in [2.05, 4.69) is 9.93 Å². The van der Waals surface area contributed by atoms with Crippen LogP contribution in [0.1, 0.15) is 11.1 Å². The molecule has 0 saturated heterocycles. The van der Waals surface area contributed by atoms with E-state index >= 15 is 0 Å². The van der Waals surface area contributed by atoms with E-state index in [4.69, 9.17) is 4.74 Å². The molecule has 3 rings (SSSR count). The molecule has 7 heteroatoms. The van der Waals surface area contributed by atoms with Crippen LogP contribution in [0.2, 0.25) is 0 Å². The molecule has 0 bridgehead atoms. The Morgan fingerprint density at radius 2 is 1.59 bits per heavy atom. The zero-order chi connectivity index (χ0) is 19.1. The maximum Gasteiger partial charge on any atom is 0.276 e. The first kappa shape index (κ1) is 18.6. The van der Waals surface area contributed by atoms with Gasteiger partial charge in [-0.1, -0.05) is 42.5 Å². The number of halogens is 1. The monoisotopic (exact) mass is 384 g/mol. The molecule has 0 amide bonds. The van der Waals surface area contributed by atoms with Gasteiger partial charge in [0.1, 0.15) is 18.2 Å². The highest BCUT2D eigenvalue weighted by molar-refractivity contribution is 7.89. The van der Waals surface area contributed by atoms with Crippen molar-refractivity contribution in [3.63, 3.8) is 0 Å². The highest BCUT2D eigenvalue weighted by atomic mass is 32.2. The summed E-state index contributed by atoms with van der Waals surface area (Å²) in [4.78, 5) is 2.03. The summed E-state index contributed by atoms with van der Waals surface area (Å²) in [6.45, 7) is 0.382. The second-order valence-corrected chi connectivity index (χ2v) is 7.28. The van der Waals surface area contributed by atoms with Crippen molar-refractivity contribution in [2.45, 2.75) is 11.5 Å². The number of hydrazone groups is 1. The van der Waals surface area contributed by atoms with Crippen LogP contribution in [0.15, 0.2) is 88.9 Å². The summed E-state index contributed by atoms with van der Waals surface area (Å²) in [6.07, 6.45) is 1.36. The first-order chi connectivity index (χ1) is 13.0. The molecule has 138 valence electrons. The highest BCUT2D eigenvalue weighted by Crippen LogP contribution is 2.18. The van der Waals surface area contributed by atoms with Crippen LogP contribution in [0.3, 0.4) is 0 Å². The molecule has 0 aliphatic carbocycles. The van der Waals surface area contributed by atoms with Gasteiger partial charge in [-0.2, -0.15) is 13.5 Å². The zero-order valence-electron chi connectivity index (χ0n) is 14.2. The van der Waals surface area contributed by atoms with Crippen LogP contribution < -0.4 is 9.57 Å². The normalized spacial score (nSPS) is 11.4. The average Bonchev–Trinajstić information content (AvgIpc) is 2.68. The molecule has 1 N–H and O–H groups in total. The van der Waals surface area contributed by atoms with Crippen molar-refractivity contribution < 1.29 is 17.5 Å². The molecule has 0 saturated carbocycles. The minimum Gasteiger partial charge on any atom is -0.488 e. The van der Waals surface area contributed by atoms with E-state index in [0.717, 1.165) is 17.7 Å². The molecule has 3 aromatic carbocycles. The first-order valence-corrected chi connectivity index (χ1v) is 9.59. The molecular weight excluding hydrogens is 367 g/mol. The minimum atomic E-state index is -3.87. The van der Waals surface area contributed by atoms with Gasteiger partial charge in [-0.25, -0.2) is 9.22 Å². The van der Waals surface area contributed by atoms with Crippen molar-refractivity contribution in [2.75, 3.05) is 0 Å². The van der Waals surface area contributed by atoms with Crippen molar-refractivity contribution in [3.8, 4) is 5.75 Å². The third-order valence-corrected chi connectivity index (χ3v) is 4.90. The lowest BCUT2D eigenvalue weighted by Crippen LogP contribution is -2.18. The van der Waals surface area contributed by atoms with Gasteiger partial charge in [0, 0.05) is 5.56 Å². The van der Waals surface area contributed by atoms with Gasteiger partial charge < -0.3 is 4.74 Å². The Morgan fingerprint density at radius 3 is 2.33 bits per heavy atom. The van der Waals surface area contributed by atoms with Crippen LogP contribution in [0.5, 0.6) is 5.75 Å². The maximum absolute atomic E-state index is 12.9. The van der Waals surface area contributed by atoms with Crippen LogP contribution in [-0.4, -0.2) is 14.6 Å². The van der Waals surface area contributed by atoms with Crippen molar-refractivity contribution >= 4 is 16.2 Å². The Balaban J connectivity index is 1.69. The third kappa shape index (κ3) is 5.15. The second kappa shape index (κ2) is 8.46. The summed E-state index contributed by atoms with van der Waals surface area (Å²) in [7, 11) is -3.87. The smallest absolute Gasteiger partial charge is 0.276 e. The molecule has 0 aliphatic rings. The molecule has 0 spiro atoms. The van der Waals surface area contributed by atoms with Crippen LogP contribution >= 0.6 is 0 Å². The molecular formula is C20H17FN2O3S. The standard InChI is InChI=1S/C20H17FN2O3S/c21-18-10-12-19(13-11-18)27(24,25)23-22-14-17-8-4-5-9-20(17)26-15-16-6-2-1-3-7-16/h1-14,23H,15H2/b22-14+. The zero-order valence-corrected chi connectivity index (χ0v) is 15.1. The van der Waals surface area contributed by atoms with Crippen LogP contribution in [-0.2, 0) is 16.6 Å². The lowest BCUT2D eigenvalue weighted by Gasteiger charge is -2.09. The average molecular weight is 384 g/mol. The van der Waals surface area contributed by atoms with Crippen molar-refractivity contribution in [1.29, 1.82) is 0 Å². The molecule has 27 heavy (non-hydrogen) atoms. The fourth-order valence-electron chi connectivity index (χ4n) is 2.29. The third-order valence-electron chi connectivity index (χ3n) is 3.66. The molecule has 0 aromatic heterocycles. The Kier molecular flexibility index (Phi) is 5.83. The molecule has 0 heterocycles. The van der Waals surface area contributed by atoms with Crippen LogP contribution in [0.25, 0.3) is 0 Å². The van der Waals surface area contributed by atoms with E-state index < -0.39 is 15.8 Å². The number of hydrogen-bond acceptors (Lipinski definition) is 4. The second-order valence-electron chi connectivity index (χ2n) is 5.62. The van der Waals surface area contributed by atoms with Gasteiger partial charge >= 0.3 is 0 Å². The highest BCUT2D eigenvalue weighted by Gasteiger charge is 2.12. The number of sulfonamides is 1. The van der Waals surface area contributed by atoms with E-state index in [1.54, 1.807) is 18.2 Å².